The average Bonchev–Trinajstić information content (AvgIpc) is 2.99. The molecule has 0 atom stereocenters. The maximum Gasteiger partial charge on any atom is 0.150 e. The Labute approximate surface area is 87.7 Å². The maximum absolute atomic E-state index is 10.7. The van der Waals surface area contributed by atoms with Gasteiger partial charge in [0.05, 0.1) is 17.4 Å². The van der Waals surface area contributed by atoms with Crippen LogP contribution in [0.25, 0.3) is 11.0 Å². The Morgan fingerprint density at radius 1 is 1.47 bits per heavy atom. The van der Waals surface area contributed by atoms with Crippen LogP contribution in [-0.2, 0) is 0 Å². The molecule has 0 spiro atoms. The summed E-state index contributed by atoms with van der Waals surface area (Å²) in [4.78, 5) is 15.1. The van der Waals surface area contributed by atoms with Gasteiger partial charge in [0.25, 0.3) is 0 Å². The third kappa shape index (κ3) is 1.27. The smallest absolute Gasteiger partial charge is 0.150 e. The molecule has 1 aliphatic carbocycles. The molecule has 2 aromatic rings. The van der Waals surface area contributed by atoms with Gasteiger partial charge in [-0.1, -0.05) is 0 Å². The molecule has 0 radical (unpaired) electrons. The summed E-state index contributed by atoms with van der Waals surface area (Å²) in [6.07, 6.45) is 5.27. The summed E-state index contributed by atoms with van der Waals surface area (Å²) in [5, 5.41) is 0. The lowest BCUT2D eigenvalue weighted by Crippen LogP contribution is -1.93. The Morgan fingerprint density at radius 2 is 2.27 bits per heavy atom. The lowest BCUT2D eigenvalue weighted by molar-refractivity contribution is 0.112. The Kier molecular flexibility index (Phi) is 1.69. The monoisotopic (exact) mass is 200 g/mol. The first kappa shape index (κ1) is 8.65. The summed E-state index contributed by atoms with van der Waals surface area (Å²) < 4.78 is 2.24. The van der Waals surface area contributed by atoms with Crippen LogP contribution >= 0.6 is 0 Å². The predicted octanol–water partition coefficient (Wildman–Crippen LogP) is 2.49. The summed E-state index contributed by atoms with van der Waals surface area (Å²) in [6.45, 7) is 2.04. The highest BCUT2D eigenvalue weighted by atomic mass is 16.1. The van der Waals surface area contributed by atoms with E-state index < -0.39 is 0 Å². The van der Waals surface area contributed by atoms with E-state index in [1.165, 1.54) is 18.4 Å². The molecule has 1 heterocycles. The zero-order chi connectivity index (χ0) is 10.4. The number of aldehydes is 1. The normalized spacial score (nSPS) is 15.8. The summed E-state index contributed by atoms with van der Waals surface area (Å²) in [6, 6.07) is 4.42. The molecule has 3 nitrogen and oxygen atoms in total. The SMILES string of the molecule is Cc1cc(C=O)cc2ncn(C3CC3)c12. The molecule has 0 N–H and O–H groups in total. The number of rotatable bonds is 2. The van der Waals surface area contributed by atoms with Crippen LogP contribution in [0.15, 0.2) is 18.5 Å². The number of hydrogen-bond donors (Lipinski definition) is 0. The first-order valence-corrected chi connectivity index (χ1v) is 5.22. The summed E-state index contributed by atoms with van der Waals surface area (Å²) in [7, 11) is 0. The molecule has 1 aromatic carbocycles. The third-order valence-electron chi connectivity index (χ3n) is 2.96. The lowest BCUT2D eigenvalue weighted by Gasteiger charge is -2.04. The van der Waals surface area contributed by atoms with Crippen molar-refractivity contribution in [2.24, 2.45) is 0 Å². The number of hydrogen-bond acceptors (Lipinski definition) is 2. The highest BCUT2D eigenvalue weighted by molar-refractivity contribution is 5.87. The van der Waals surface area contributed by atoms with Gasteiger partial charge in [0, 0.05) is 11.6 Å². The van der Waals surface area contributed by atoms with Gasteiger partial charge in [-0.15, -0.1) is 0 Å². The fourth-order valence-corrected chi connectivity index (χ4v) is 2.10. The number of benzene rings is 1. The van der Waals surface area contributed by atoms with Gasteiger partial charge in [-0.25, -0.2) is 4.98 Å². The molecule has 0 aliphatic heterocycles. The Bertz CT molecular complexity index is 538. The van der Waals surface area contributed by atoms with Gasteiger partial charge in [0.2, 0.25) is 0 Å². The average molecular weight is 200 g/mol. The van der Waals surface area contributed by atoms with E-state index in [0.717, 1.165) is 17.4 Å². The number of fused-ring (bicyclic) bond motifs is 1. The van der Waals surface area contributed by atoms with Crippen molar-refractivity contribution >= 4 is 17.3 Å². The second kappa shape index (κ2) is 2.92. The standard InChI is InChI=1S/C12H12N2O/c1-8-4-9(6-15)5-11-12(8)14(7-13-11)10-2-3-10/h4-7,10H,2-3H2,1H3. The van der Waals surface area contributed by atoms with Crippen LogP contribution in [0.1, 0.15) is 34.8 Å². The largest absolute Gasteiger partial charge is 0.327 e. The van der Waals surface area contributed by atoms with Crippen LogP contribution in [-0.4, -0.2) is 15.8 Å². The molecular weight excluding hydrogens is 188 g/mol. The van der Waals surface area contributed by atoms with Gasteiger partial charge < -0.3 is 4.57 Å². The molecule has 1 aromatic heterocycles. The molecule has 76 valence electrons. The van der Waals surface area contributed by atoms with Crippen molar-refractivity contribution in [1.82, 2.24) is 9.55 Å². The van der Waals surface area contributed by atoms with E-state index in [0.29, 0.717) is 11.6 Å². The Balaban J connectivity index is 2.29. The number of carbonyl (C=O) groups excluding carboxylic acids is 1. The number of aromatic nitrogens is 2. The Hall–Kier alpha value is -1.64. The summed E-state index contributed by atoms with van der Waals surface area (Å²) >= 11 is 0. The van der Waals surface area contributed by atoms with Gasteiger partial charge in [-0.05, 0) is 37.5 Å². The molecular formula is C12H12N2O. The van der Waals surface area contributed by atoms with Crippen molar-refractivity contribution in [3.63, 3.8) is 0 Å². The minimum atomic E-state index is 0.635. The predicted molar refractivity (Wildman–Crippen MR) is 58.1 cm³/mol. The fourth-order valence-electron chi connectivity index (χ4n) is 2.10. The van der Waals surface area contributed by atoms with E-state index in [-0.39, 0.29) is 0 Å². The molecule has 0 bridgehead atoms. The van der Waals surface area contributed by atoms with E-state index in [1.54, 1.807) is 0 Å². The zero-order valence-corrected chi connectivity index (χ0v) is 8.60. The molecule has 15 heavy (non-hydrogen) atoms. The van der Waals surface area contributed by atoms with Gasteiger partial charge in [0.1, 0.15) is 6.29 Å². The van der Waals surface area contributed by atoms with Crippen molar-refractivity contribution < 1.29 is 4.79 Å². The summed E-state index contributed by atoms with van der Waals surface area (Å²) in [5.41, 5.74) is 3.96. The van der Waals surface area contributed by atoms with Crippen LogP contribution in [0, 0.1) is 6.92 Å². The third-order valence-corrected chi connectivity index (χ3v) is 2.96. The molecule has 3 heteroatoms. The van der Waals surface area contributed by atoms with Gasteiger partial charge >= 0.3 is 0 Å². The number of imidazole rings is 1. The van der Waals surface area contributed by atoms with Gasteiger partial charge in [-0.3, -0.25) is 4.79 Å². The quantitative estimate of drug-likeness (QED) is 0.698. The topological polar surface area (TPSA) is 34.9 Å². The fraction of sp³-hybridized carbons (Fsp3) is 0.333. The summed E-state index contributed by atoms with van der Waals surface area (Å²) in [5.74, 6) is 0. The highest BCUT2D eigenvalue weighted by Gasteiger charge is 2.25. The number of aryl methyl sites for hydroxylation is 1. The van der Waals surface area contributed by atoms with Crippen LogP contribution in [0.3, 0.4) is 0 Å². The van der Waals surface area contributed by atoms with E-state index in [9.17, 15) is 4.79 Å². The van der Waals surface area contributed by atoms with E-state index >= 15 is 0 Å². The number of nitrogens with zero attached hydrogens (tertiary/aromatic N) is 2. The Morgan fingerprint density at radius 3 is 2.93 bits per heavy atom. The maximum atomic E-state index is 10.7. The van der Waals surface area contributed by atoms with Crippen LogP contribution in [0.5, 0.6) is 0 Å². The van der Waals surface area contributed by atoms with Crippen LogP contribution in [0.4, 0.5) is 0 Å². The minimum Gasteiger partial charge on any atom is -0.327 e. The minimum absolute atomic E-state index is 0.635. The molecule has 0 unspecified atom stereocenters. The molecule has 3 rings (SSSR count). The van der Waals surface area contributed by atoms with Gasteiger partial charge in [0.15, 0.2) is 0 Å². The van der Waals surface area contributed by atoms with Crippen molar-refractivity contribution in [3.8, 4) is 0 Å². The van der Waals surface area contributed by atoms with Crippen molar-refractivity contribution in [1.29, 1.82) is 0 Å². The van der Waals surface area contributed by atoms with Gasteiger partial charge in [-0.2, -0.15) is 0 Å². The van der Waals surface area contributed by atoms with Crippen molar-refractivity contribution in [2.75, 3.05) is 0 Å². The molecule has 0 saturated heterocycles. The second-order valence-corrected chi connectivity index (χ2v) is 4.21. The molecule has 0 amide bonds. The van der Waals surface area contributed by atoms with Crippen molar-refractivity contribution in [3.05, 3.63) is 29.6 Å². The molecule has 1 aliphatic rings. The zero-order valence-electron chi connectivity index (χ0n) is 8.60. The van der Waals surface area contributed by atoms with Crippen LogP contribution in [0.2, 0.25) is 0 Å². The van der Waals surface area contributed by atoms with E-state index in [2.05, 4.69) is 9.55 Å². The van der Waals surface area contributed by atoms with Crippen molar-refractivity contribution in [2.45, 2.75) is 25.8 Å². The first-order chi connectivity index (χ1) is 7.29. The van der Waals surface area contributed by atoms with E-state index in [4.69, 9.17) is 0 Å². The van der Waals surface area contributed by atoms with Crippen LogP contribution < -0.4 is 0 Å². The second-order valence-electron chi connectivity index (χ2n) is 4.21. The lowest BCUT2D eigenvalue weighted by atomic mass is 10.1. The highest BCUT2D eigenvalue weighted by Crippen LogP contribution is 2.37. The number of carbonyl (C=O) groups is 1. The van der Waals surface area contributed by atoms with E-state index in [1.807, 2.05) is 25.4 Å². The molecule has 1 fully saturated rings. The molecule has 1 saturated carbocycles. The first-order valence-electron chi connectivity index (χ1n) is 5.22.